The number of hydrogen-bond donors (Lipinski definition) is 1. The van der Waals surface area contributed by atoms with Gasteiger partial charge in [-0.1, -0.05) is 13.8 Å². The van der Waals surface area contributed by atoms with Gasteiger partial charge in [-0.25, -0.2) is 0 Å². The van der Waals surface area contributed by atoms with E-state index in [0.717, 1.165) is 30.1 Å². The lowest BCUT2D eigenvalue weighted by Crippen LogP contribution is -2.28. The highest BCUT2D eigenvalue weighted by Gasteiger charge is 2.02. The molecule has 0 aliphatic carbocycles. The van der Waals surface area contributed by atoms with E-state index in [0.29, 0.717) is 0 Å². The van der Waals surface area contributed by atoms with Crippen LogP contribution < -0.4 is 0 Å². The topological polar surface area (TPSA) is 24.0 Å². The summed E-state index contributed by atoms with van der Waals surface area (Å²) in [6.07, 6.45) is 3.30. The predicted molar refractivity (Wildman–Crippen MR) is 66.8 cm³/mol. The van der Waals surface area contributed by atoms with Crippen molar-refractivity contribution in [1.29, 1.82) is 0 Å². The maximum Gasteiger partial charge on any atom is 0.177 e. The van der Waals surface area contributed by atoms with Crippen LogP contribution in [0.1, 0.15) is 26.0 Å². The van der Waals surface area contributed by atoms with E-state index in [1.54, 1.807) is 0 Å². The fourth-order valence-electron chi connectivity index (χ4n) is 1.72. The normalized spacial score (nSPS) is 11.2. The SMILES string of the molecule is CCCN(CC)CCn1cc(C)[nH]c1=S. The molecule has 0 saturated carbocycles. The maximum atomic E-state index is 5.21. The Morgan fingerprint density at radius 3 is 2.60 bits per heavy atom. The second-order valence-electron chi connectivity index (χ2n) is 3.87. The zero-order valence-electron chi connectivity index (χ0n) is 9.92. The van der Waals surface area contributed by atoms with Crippen molar-refractivity contribution >= 4 is 12.2 Å². The molecule has 86 valence electrons. The number of aryl methyl sites for hydroxylation is 1. The highest BCUT2D eigenvalue weighted by atomic mass is 32.1. The van der Waals surface area contributed by atoms with Crippen molar-refractivity contribution in [1.82, 2.24) is 14.5 Å². The van der Waals surface area contributed by atoms with Crippen LogP contribution in [0, 0.1) is 11.7 Å². The monoisotopic (exact) mass is 227 g/mol. The molecule has 1 rings (SSSR count). The number of nitrogens with zero attached hydrogens (tertiary/aromatic N) is 2. The summed E-state index contributed by atoms with van der Waals surface area (Å²) < 4.78 is 2.95. The van der Waals surface area contributed by atoms with Crippen LogP contribution in [0.5, 0.6) is 0 Å². The van der Waals surface area contributed by atoms with E-state index in [2.05, 4.69) is 34.5 Å². The van der Waals surface area contributed by atoms with Crippen molar-refractivity contribution in [2.24, 2.45) is 0 Å². The zero-order valence-corrected chi connectivity index (χ0v) is 10.7. The summed E-state index contributed by atoms with van der Waals surface area (Å²) in [6, 6.07) is 0. The van der Waals surface area contributed by atoms with Crippen molar-refractivity contribution in [3.8, 4) is 0 Å². The van der Waals surface area contributed by atoms with Crippen LogP contribution in [0.4, 0.5) is 0 Å². The van der Waals surface area contributed by atoms with Crippen LogP contribution in [-0.2, 0) is 6.54 Å². The van der Waals surface area contributed by atoms with Crippen LogP contribution in [0.25, 0.3) is 0 Å². The molecule has 0 aromatic carbocycles. The van der Waals surface area contributed by atoms with Gasteiger partial charge < -0.3 is 14.5 Å². The molecule has 1 aromatic heterocycles. The van der Waals surface area contributed by atoms with Crippen LogP contribution in [0.2, 0.25) is 0 Å². The molecule has 15 heavy (non-hydrogen) atoms. The average molecular weight is 227 g/mol. The molecule has 0 amide bonds. The Morgan fingerprint density at radius 1 is 1.40 bits per heavy atom. The largest absolute Gasteiger partial charge is 0.335 e. The standard InChI is InChI=1S/C11H21N3S/c1-4-6-13(5-2)7-8-14-9-10(3)12-11(14)15/h9H,4-8H2,1-3H3,(H,12,15). The smallest absolute Gasteiger partial charge is 0.177 e. The lowest BCUT2D eigenvalue weighted by Gasteiger charge is -2.19. The number of likely N-dealkylation sites (N-methyl/N-ethyl adjacent to an activating group) is 1. The Morgan fingerprint density at radius 2 is 2.13 bits per heavy atom. The molecule has 0 atom stereocenters. The molecule has 0 aliphatic rings. The van der Waals surface area contributed by atoms with Gasteiger partial charge in [-0.15, -0.1) is 0 Å². The first-order valence-corrected chi connectivity index (χ1v) is 6.06. The zero-order chi connectivity index (χ0) is 11.3. The molecular formula is C11H21N3S. The highest BCUT2D eigenvalue weighted by molar-refractivity contribution is 7.71. The molecule has 4 heteroatoms. The lowest BCUT2D eigenvalue weighted by molar-refractivity contribution is 0.276. The molecule has 1 aromatic rings. The van der Waals surface area contributed by atoms with Crippen LogP contribution in [0.3, 0.4) is 0 Å². The molecular weight excluding hydrogens is 206 g/mol. The number of aromatic nitrogens is 2. The Labute approximate surface area is 97.1 Å². The fraction of sp³-hybridized carbons (Fsp3) is 0.727. The number of hydrogen-bond acceptors (Lipinski definition) is 2. The Balaban J connectivity index is 2.48. The molecule has 0 aliphatic heterocycles. The Bertz CT molecular complexity index is 340. The molecule has 3 nitrogen and oxygen atoms in total. The number of H-pyrrole nitrogens is 1. The van der Waals surface area contributed by atoms with Gasteiger partial charge in [-0.05, 0) is 38.7 Å². The number of imidazole rings is 1. The van der Waals surface area contributed by atoms with Crippen molar-refractivity contribution in [2.45, 2.75) is 33.7 Å². The average Bonchev–Trinajstić information content (AvgIpc) is 2.52. The minimum absolute atomic E-state index is 0.833. The second-order valence-corrected chi connectivity index (χ2v) is 4.26. The van der Waals surface area contributed by atoms with E-state index in [9.17, 15) is 0 Å². The van der Waals surface area contributed by atoms with Crippen LogP contribution in [-0.4, -0.2) is 34.1 Å². The van der Waals surface area contributed by atoms with Gasteiger partial charge in [-0.2, -0.15) is 0 Å². The molecule has 0 spiro atoms. The van der Waals surface area contributed by atoms with E-state index in [1.807, 2.05) is 6.92 Å². The predicted octanol–water partition coefficient (Wildman–Crippen LogP) is 2.59. The third-order valence-corrected chi connectivity index (χ3v) is 2.90. The third kappa shape index (κ3) is 3.80. The maximum absolute atomic E-state index is 5.21. The Kier molecular flexibility index (Phi) is 5.05. The Hall–Kier alpha value is -0.610. The number of aromatic amines is 1. The van der Waals surface area contributed by atoms with Crippen molar-refractivity contribution in [2.75, 3.05) is 19.6 Å². The third-order valence-electron chi connectivity index (χ3n) is 2.56. The minimum atomic E-state index is 0.833. The number of rotatable bonds is 6. The lowest BCUT2D eigenvalue weighted by atomic mass is 10.4. The summed E-state index contributed by atoms with van der Waals surface area (Å²) in [5.74, 6) is 0. The van der Waals surface area contributed by atoms with Crippen molar-refractivity contribution < 1.29 is 0 Å². The summed E-state index contributed by atoms with van der Waals surface area (Å²) in [4.78, 5) is 5.59. The highest BCUT2D eigenvalue weighted by Crippen LogP contribution is 1.99. The molecule has 1 N–H and O–H groups in total. The summed E-state index contributed by atoms with van der Waals surface area (Å²) in [7, 11) is 0. The second kappa shape index (κ2) is 6.08. The quantitative estimate of drug-likeness (QED) is 0.755. The summed E-state index contributed by atoms with van der Waals surface area (Å²) >= 11 is 5.21. The summed E-state index contributed by atoms with van der Waals surface area (Å²) in [6.45, 7) is 10.8. The van der Waals surface area contributed by atoms with E-state index < -0.39 is 0 Å². The molecule has 0 unspecified atom stereocenters. The molecule has 0 bridgehead atoms. The van der Waals surface area contributed by atoms with E-state index >= 15 is 0 Å². The van der Waals surface area contributed by atoms with E-state index in [-0.39, 0.29) is 0 Å². The van der Waals surface area contributed by atoms with Crippen LogP contribution >= 0.6 is 12.2 Å². The van der Waals surface area contributed by atoms with Gasteiger partial charge in [-0.3, -0.25) is 0 Å². The molecule has 0 saturated heterocycles. The van der Waals surface area contributed by atoms with E-state index in [1.165, 1.54) is 13.0 Å². The summed E-state index contributed by atoms with van der Waals surface area (Å²) in [5.41, 5.74) is 1.14. The number of nitrogens with one attached hydrogen (secondary N) is 1. The molecule has 1 heterocycles. The van der Waals surface area contributed by atoms with Gasteiger partial charge in [0, 0.05) is 25.0 Å². The van der Waals surface area contributed by atoms with E-state index in [4.69, 9.17) is 12.2 Å². The minimum Gasteiger partial charge on any atom is -0.335 e. The van der Waals surface area contributed by atoms with Gasteiger partial charge in [0.1, 0.15) is 0 Å². The molecule has 0 fully saturated rings. The van der Waals surface area contributed by atoms with Crippen LogP contribution in [0.15, 0.2) is 6.20 Å². The molecule has 0 radical (unpaired) electrons. The fourth-order valence-corrected chi connectivity index (χ4v) is 2.03. The first-order chi connectivity index (χ1) is 7.17. The van der Waals surface area contributed by atoms with Gasteiger partial charge in [0.15, 0.2) is 4.77 Å². The van der Waals surface area contributed by atoms with Crippen molar-refractivity contribution in [3.63, 3.8) is 0 Å². The first-order valence-electron chi connectivity index (χ1n) is 5.65. The van der Waals surface area contributed by atoms with Gasteiger partial charge in [0.05, 0.1) is 0 Å². The van der Waals surface area contributed by atoms with Gasteiger partial charge in [0.25, 0.3) is 0 Å². The summed E-state index contributed by atoms with van der Waals surface area (Å²) in [5, 5.41) is 0. The van der Waals surface area contributed by atoms with Crippen molar-refractivity contribution in [3.05, 3.63) is 16.7 Å². The first kappa shape index (κ1) is 12.5. The van der Waals surface area contributed by atoms with Gasteiger partial charge >= 0.3 is 0 Å². The van der Waals surface area contributed by atoms with Gasteiger partial charge in [0.2, 0.25) is 0 Å².